The van der Waals surface area contributed by atoms with Crippen LogP contribution >= 0.6 is 27.5 Å². The average Bonchev–Trinajstić information content (AvgIpc) is 2.43. The van der Waals surface area contributed by atoms with Gasteiger partial charge in [-0.3, -0.25) is 4.72 Å². The van der Waals surface area contributed by atoms with E-state index in [0.717, 1.165) is 0 Å². The molecule has 0 aliphatic carbocycles. The van der Waals surface area contributed by atoms with Crippen LogP contribution in [0.4, 0.5) is 11.4 Å². The standard InChI is InChI=1S/C13H12BrClN2O3S/c14-13-11(16)5-9(15)6-12(13)21(19,20)17-10-3-1-8(7-18)2-4-10/h1-6,17-18H,7,16H2. The SMILES string of the molecule is Nc1cc(Cl)cc(S(=O)(=O)Nc2ccc(CO)cc2)c1Br. The number of nitrogens with two attached hydrogens (primary N) is 1. The third kappa shape index (κ3) is 3.68. The Bertz CT molecular complexity index is 764. The minimum atomic E-state index is -3.83. The van der Waals surface area contributed by atoms with E-state index in [1.165, 1.54) is 12.1 Å². The summed E-state index contributed by atoms with van der Waals surface area (Å²) >= 11 is 9.00. The van der Waals surface area contributed by atoms with E-state index in [0.29, 0.717) is 11.3 Å². The Morgan fingerprint density at radius 3 is 2.43 bits per heavy atom. The third-order valence-electron chi connectivity index (χ3n) is 2.71. The molecule has 0 aliphatic rings. The number of aliphatic hydroxyl groups excluding tert-OH is 1. The van der Waals surface area contributed by atoms with Crippen molar-refractivity contribution in [2.45, 2.75) is 11.5 Å². The van der Waals surface area contributed by atoms with E-state index >= 15 is 0 Å². The van der Waals surface area contributed by atoms with Gasteiger partial charge >= 0.3 is 0 Å². The Labute approximate surface area is 135 Å². The van der Waals surface area contributed by atoms with E-state index in [1.807, 2.05) is 0 Å². The van der Waals surface area contributed by atoms with Crippen LogP contribution in [0.3, 0.4) is 0 Å². The maximum Gasteiger partial charge on any atom is 0.263 e. The molecule has 0 atom stereocenters. The molecule has 0 aromatic heterocycles. The van der Waals surface area contributed by atoms with Crippen LogP contribution in [-0.4, -0.2) is 13.5 Å². The average molecular weight is 392 g/mol. The summed E-state index contributed by atoms with van der Waals surface area (Å²) in [6.07, 6.45) is 0. The predicted octanol–water partition coefficient (Wildman–Crippen LogP) is 2.98. The first-order chi connectivity index (χ1) is 9.83. The Kier molecular flexibility index (Phi) is 4.77. The van der Waals surface area contributed by atoms with Gasteiger partial charge in [-0.2, -0.15) is 0 Å². The number of rotatable bonds is 4. The molecule has 21 heavy (non-hydrogen) atoms. The lowest BCUT2D eigenvalue weighted by molar-refractivity contribution is 0.282. The van der Waals surface area contributed by atoms with Gasteiger partial charge in [-0.25, -0.2) is 8.42 Å². The van der Waals surface area contributed by atoms with Gasteiger partial charge in [-0.15, -0.1) is 0 Å². The van der Waals surface area contributed by atoms with Crippen molar-refractivity contribution in [1.82, 2.24) is 0 Å². The number of aliphatic hydroxyl groups is 1. The molecule has 0 amide bonds. The fourth-order valence-electron chi connectivity index (χ4n) is 1.67. The first-order valence-corrected chi connectivity index (χ1v) is 8.46. The van der Waals surface area contributed by atoms with Crippen LogP contribution in [0.2, 0.25) is 5.02 Å². The summed E-state index contributed by atoms with van der Waals surface area (Å²) in [7, 11) is -3.83. The third-order valence-corrected chi connectivity index (χ3v) is 5.48. The zero-order valence-corrected chi connectivity index (χ0v) is 13.8. The zero-order valence-electron chi connectivity index (χ0n) is 10.7. The molecule has 0 spiro atoms. The molecule has 0 radical (unpaired) electrons. The van der Waals surface area contributed by atoms with Crippen LogP contribution in [0.15, 0.2) is 45.8 Å². The van der Waals surface area contributed by atoms with Gasteiger partial charge in [-0.1, -0.05) is 23.7 Å². The van der Waals surface area contributed by atoms with Gasteiger partial charge in [0.2, 0.25) is 0 Å². The van der Waals surface area contributed by atoms with Crippen molar-refractivity contribution in [2.24, 2.45) is 0 Å². The molecular formula is C13H12BrClN2O3S. The highest BCUT2D eigenvalue weighted by Gasteiger charge is 2.20. The van der Waals surface area contributed by atoms with Crippen LogP contribution in [0, 0.1) is 0 Å². The second-order valence-corrected chi connectivity index (χ2v) is 7.15. The van der Waals surface area contributed by atoms with Gasteiger partial charge < -0.3 is 10.8 Å². The molecule has 0 bridgehead atoms. The van der Waals surface area contributed by atoms with E-state index in [9.17, 15) is 8.42 Å². The van der Waals surface area contributed by atoms with Crippen LogP contribution < -0.4 is 10.5 Å². The largest absolute Gasteiger partial charge is 0.398 e. The highest BCUT2D eigenvalue weighted by atomic mass is 79.9. The van der Waals surface area contributed by atoms with Crippen molar-refractivity contribution in [2.75, 3.05) is 10.5 Å². The fourth-order valence-corrected chi connectivity index (χ4v) is 4.02. The van der Waals surface area contributed by atoms with Crippen molar-refractivity contribution in [1.29, 1.82) is 0 Å². The number of anilines is 2. The summed E-state index contributed by atoms with van der Waals surface area (Å²) < 4.78 is 27.4. The molecular weight excluding hydrogens is 380 g/mol. The normalized spacial score (nSPS) is 11.4. The smallest absolute Gasteiger partial charge is 0.263 e. The Balaban J connectivity index is 2.38. The molecule has 0 aliphatic heterocycles. The molecule has 0 fully saturated rings. The van der Waals surface area contributed by atoms with Crippen LogP contribution in [0.25, 0.3) is 0 Å². The molecule has 2 aromatic carbocycles. The lowest BCUT2D eigenvalue weighted by Crippen LogP contribution is -2.14. The highest BCUT2D eigenvalue weighted by Crippen LogP contribution is 2.32. The zero-order chi connectivity index (χ0) is 15.6. The summed E-state index contributed by atoms with van der Waals surface area (Å²) in [4.78, 5) is -0.0428. The van der Waals surface area contributed by atoms with Gasteiger partial charge in [-0.05, 0) is 45.8 Å². The number of nitrogen functional groups attached to an aromatic ring is 1. The Morgan fingerprint density at radius 1 is 1.24 bits per heavy atom. The van der Waals surface area contributed by atoms with Crippen LogP contribution in [0.1, 0.15) is 5.56 Å². The topological polar surface area (TPSA) is 92.4 Å². The molecule has 0 heterocycles. The molecule has 5 nitrogen and oxygen atoms in total. The fraction of sp³-hybridized carbons (Fsp3) is 0.0769. The first-order valence-electron chi connectivity index (χ1n) is 5.80. The predicted molar refractivity (Wildman–Crippen MR) is 86.7 cm³/mol. The van der Waals surface area contributed by atoms with Crippen LogP contribution in [-0.2, 0) is 16.6 Å². The summed E-state index contributed by atoms with van der Waals surface area (Å²) in [6, 6.07) is 9.14. The minimum Gasteiger partial charge on any atom is -0.398 e. The Hall–Kier alpha value is -1.28. The van der Waals surface area contributed by atoms with Crippen molar-refractivity contribution < 1.29 is 13.5 Å². The molecule has 4 N–H and O–H groups in total. The Morgan fingerprint density at radius 2 is 1.86 bits per heavy atom. The van der Waals surface area contributed by atoms with Gasteiger partial charge in [0.15, 0.2) is 0 Å². The van der Waals surface area contributed by atoms with Crippen molar-refractivity contribution in [3.8, 4) is 0 Å². The molecule has 0 unspecified atom stereocenters. The van der Waals surface area contributed by atoms with E-state index < -0.39 is 10.0 Å². The number of hydrogen-bond acceptors (Lipinski definition) is 4. The molecule has 112 valence electrons. The first kappa shape index (κ1) is 16.1. The van der Waals surface area contributed by atoms with Crippen LogP contribution in [0.5, 0.6) is 0 Å². The molecule has 0 saturated heterocycles. The second kappa shape index (κ2) is 6.23. The summed E-state index contributed by atoms with van der Waals surface area (Å²) in [5.41, 5.74) is 6.99. The highest BCUT2D eigenvalue weighted by molar-refractivity contribution is 9.10. The number of nitrogens with one attached hydrogen (secondary N) is 1. The summed E-state index contributed by atoms with van der Waals surface area (Å²) in [5.74, 6) is 0. The molecule has 2 rings (SSSR count). The van der Waals surface area contributed by atoms with Gasteiger partial charge in [0.25, 0.3) is 10.0 Å². The minimum absolute atomic E-state index is 0.0428. The van der Waals surface area contributed by atoms with Gasteiger partial charge in [0.05, 0.1) is 11.1 Å². The van der Waals surface area contributed by atoms with E-state index in [2.05, 4.69) is 20.7 Å². The van der Waals surface area contributed by atoms with Crippen molar-refractivity contribution in [3.63, 3.8) is 0 Å². The maximum atomic E-state index is 12.4. The summed E-state index contributed by atoms with van der Waals surface area (Å²) in [5, 5.41) is 9.19. The van der Waals surface area contributed by atoms with Gasteiger partial charge in [0.1, 0.15) is 4.90 Å². The van der Waals surface area contributed by atoms with E-state index in [1.54, 1.807) is 24.3 Å². The monoisotopic (exact) mass is 390 g/mol. The lowest BCUT2D eigenvalue weighted by atomic mass is 10.2. The maximum absolute atomic E-state index is 12.4. The van der Waals surface area contributed by atoms with Gasteiger partial charge in [0, 0.05) is 16.4 Å². The number of benzene rings is 2. The van der Waals surface area contributed by atoms with Crippen molar-refractivity contribution in [3.05, 3.63) is 51.5 Å². The second-order valence-electron chi connectivity index (χ2n) is 4.27. The number of hydrogen-bond donors (Lipinski definition) is 3. The van der Waals surface area contributed by atoms with Crippen molar-refractivity contribution >= 4 is 48.9 Å². The lowest BCUT2D eigenvalue weighted by Gasteiger charge is -2.12. The quantitative estimate of drug-likeness (QED) is 0.699. The summed E-state index contributed by atoms with van der Waals surface area (Å²) in [6.45, 7) is -0.108. The number of halogens is 2. The molecule has 2 aromatic rings. The van der Waals surface area contributed by atoms with E-state index in [-0.39, 0.29) is 26.7 Å². The molecule has 8 heteroatoms. The number of sulfonamides is 1. The van der Waals surface area contributed by atoms with E-state index in [4.69, 9.17) is 22.4 Å². The molecule has 0 saturated carbocycles.